The Hall–Kier alpha value is -1.58. The molecule has 0 aromatic heterocycles. The van der Waals surface area contributed by atoms with E-state index >= 15 is 0 Å². The van der Waals surface area contributed by atoms with E-state index in [0.29, 0.717) is 0 Å². The summed E-state index contributed by atoms with van der Waals surface area (Å²) in [5, 5.41) is 0. The van der Waals surface area contributed by atoms with Crippen molar-refractivity contribution in [1.29, 1.82) is 0 Å². The van der Waals surface area contributed by atoms with Gasteiger partial charge in [-0.05, 0) is 6.92 Å². The Morgan fingerprint density at radius 3 is 1.57 bits per heavy atom. The van der Waals surface area contributed by atoms with Crippen LogP contribution in [0.15, 0.2) is 0 Å². The molecule has 0 bridgehead atoms. The largest absolute Gasteiger partial charge is 0 e. The van der Waals surface area contributed by atoms with Crippen LogP contribution in [-0.2, 0) is 54.7 Å². The molecule has 0 aliphatic rings. The second kappa shape index (κ2) is 42.9. The Morgan fingerprint density at radius 2 is 1.33 bits per heavy atom. The molecule has 0 aromatic carbocycles. The number of hydrogen-bond acceptors (Lipinski definition) is 4. The molecule has 0 spiro atoms. The van der Waals surface area contributed by atoms with Crippen molar-refractivity contribution < 1.29 is 54.7 Å². The van der Waals surface area contributed by atoms with Crippen molar-refractivity contribution in [3.05, 3.63) is 39.4 Å². The second-order valence-electron chi connectivity index (χ2n) is 2.20. The van der Waals surface area contributed by atoms with Gasteiger partial charge < -0.3 is 9.47 Å². The van der Waals surface area contributed by atoms with Crippen LogP contribution in [0.25, 0.3) is 0 Å². The van der Waals surface area contributed by atoms with Crippen molar-refractivity contribution in [2.24, 2.45) is 0 Å². The van der Waals surface area contributed by atoms with Gasteiger partial charge in [0.1, 0.15) is 6.10 Å². The molecule has 0 N–H and O–H groups in total. The van der Waals surface area contributed by atoms with Gasteiger partial charge in [-0.25, -0.2) is 0 Å². The molecule has 8 nitrogen and oxygen atoms in total. The van der Waals surface area contributed by atoms with E-state index in [1.54, 1.807) is 6.92 Å². The normalized spacial score (nSPS) is 7.19. The van der Waals surface area contributed by atoms with E-state index < -0.39 is 12.1 Å². The molecule has 1 unspecified atom stereocenters. The summed E-state index contributed by atoms with van der Waals surface area (Å²) in [6, 6.07) is 0. The van der Waals surface area contributed by atoms with Gasteiger partial charge in [0, 0.05) is 30.4 Å². The fourth-order valence-corrected chi connectivity index (χ4v) is 0.583. The minimum absolute atomic E-state index is 0. The number of carbonyl (C=O) groups is 2. The van der Waals surface area contributed by atoms with E-state index in [1.165, 1.54) is 26.9 Å². The average molecular weight is 340 g/mol. The molecule has 0 aromatic rings. The summed E-state index contributed by atoms with van der Waals surface area (Å²) in [6.07, 6.45) is 2.27. The molecule has 21 heavy (non-hydrogen) atoms. The Labute approximate surface area is 133 Å². The Balaban J connectivity index is -0.0000000537. The maximum absolute atomic E-state index is 10.6. The minimum atomic E-state index is -0.464. The van der Waals surface area contributed by atoms with Crippen LogP contribution in [0.1, 0.15) is 13.8 Å². The van der Waals surface area contributed by atoms with Crippen LogP contribution in [0.2, 0.25) is 0 Å². The Kier molecular flexibility index (Phi) is 74.7. The van der Waals surface area contributed by atoms with E-state index in [0.717, 1.165) is 0 Å². The molecule has 0 rings (SSSR count). The van der Waals surface area contributed by atoms with Gasteiger partial charge in [0.15, 0.2) is 0 Å². The Morgan fingerprint density at radius 1 is 1.00 bits per heavy atom. The molecular formula is C12H12FeO8. The topological polar surface area (TPSA) is 132 Å². The van der Waals surface area contributed by atoms with Crippen molar-refractivity contribution in [3.8, 4) is 0 Å². The summed E-state index contributed by atoms with van der Waals surface area (Å²) in [5.41, 5.74) is 0. The van der Waals surface area contributed by atoms with Gasteiger partial charge in [-0.3, -0.25) is 9.59 Å². The smallest absolute Gasteiger partial charge is 0 e. The standard InChI is InChI=1S/C8H12O4.4CO.Fe/c1-6(12-7(2)9)4-5-8(10)11-3;4*1-2;/h4-6H,1-3H3;;;;;. The predicted molar refractivity (Wildman–Crippen MR) is 57.6 cm³/mol. The van der Waals surface area contributed by atoms with Crippen molar-refractivity contribution in [2.45, 2.75) is 20.0 Å². The van der Waals surface area contributed by atoms with Gasteiger partial charge in [-0.1, -0.05) is 0 Å². The zero-order valence-electron chi connectivity index (χ0n) is 11.4. The third-order valence-corrected chi connectivity index (χ3v) is 1.06. The second-order valence-corrected chi connectivity index (χ2v) is 2.20. The van der Waals surface area contributed by atoms with Crippen molar-refractivity contribution in [2.75, 3.05) is 7.11 Å². The fraction of sp³-hybridized carbons (Fsp3) is 0.333. The van der Waals surface area contributed by atoms with E-state index in [9.17, 15) is 9.59 Å². The molecule has 0 saturated heterocycles. The average Bonchev–Trinajstić information content (AvgIpc) is 2.52. The molecule has 0 aliphatic heterocycles. The van der Waals surface area contributed by atoms with Crippen LogP contribution in [0.4, 0.5) is 0 Å². The van der Waals surface area contributed by atoms with E-state index in [4.69, 9.17) is 23.3 Å². The first-order valence-electron chi connectivity index (χ1n) is 4.31. The van der Waals surface area contributed by atoms with E-state index in [2.05, 4.69) is 31.3 Å². The van der Waals surface area contributed by atoms with Crippen molar-refractivity contribution in [1.82, 2.24) is 0 Å². The molecule has 0 heterocycles. The molecule has 9 heteroatoms. The zero-order chi connectivity index (χ0) is 17.6. The van der Waals surface area contributed by atoms with Gasteiger partial charge in [0.25, 0.3) is 0 Å². The number of carbonyl (C=O) groups excluding carboxylic acids is 2. The number of methoxy groups -OCH3 is 1. The summed E-state index contributed by atoms with van der Waals surface area (Å²) in [7, 11) is 1.28. The van der Waals surface area contributed by atoms with Crippen LogP contribution in [0.5, 0.6) is 0 Å². The summed E-state index contributed by atoms with van der Waals surface area (Å²) in [6.45, 7) is 21.0. The van der Waals surface area contributed by atoms with E-state index in [-0.39, 0.29) is 23.0 Å². The SMILES string of the molecule is COC(=O)[CH][CH]C(C)OC(C)=O.[C-]#[O+].[C-]#[O+].[C-]#[O+].[C-]#[O+].[Fe]. The first-order valence-corrected chi connectivity index (χ1v) is 4.31. The summed E-state index contributed by atoms with van der Waals surface area (Å²) in [4.78, 5) is 20.9. The summed E-state index contributed by atoms with van der Waals surface area (Å²) < 4.78 is 39.1. The quantitative estimate of drug-likeness (QED) is 0.316. The zero-order valence-corrected chi connectivity index (χ0v) is 12.5. The van der Waals surface area contributed by atoms with Gasteiger partial charge in [0.2, 0.25) is 0 Å². The molecule has 116 valence electrons. The number of rotatable bonds is 4. The Bertz CT molecular complexity index is 281. The van der Waals surface area contributed by atoms with Crippen molar-refractivity contribution in [3.63, 3.8) is 0 Å². The summed E-state index contributed by atoms with van der Waals surface area (Å²) in [5.74, 6) is -0.842. The number of ether oxygens (including phenoxy) is 2. The molecule has 1 atom stereocenters. The van der Waals surface area contributed by atoms with Crippen LogP contribution in [0.3, 0.4) is 0 Å². The maximum atomic E-state index is 10.6. The third-order valence-electron chi connectivity index (χ3n) is 1.06. The molecule has 0 aliphatic carbocycles. The molecule has 0 fully saturated rings. The third kappa shape index (κ3) is 56.0. The first kappa shape index (κ1) is 36.6. The van der Waals surface area contributed by atoms with Crippen LogP contribution < -0.4 is 0 Å². The predicted octanol–water partition coefficient (Wildman–Crippen LogP) is 0.367. The van der Waals surface area contributed by atoms with Gasteiger partial charge in [-0.15, -0.1) is 0 Å². The van der Waals surface area contributed by atoms with E-state index in [1.807, 2.05) is 0 Å². The molecule has 0 saturated carbocycles. The van der Waals surface area contributed by atoms with Gasteiger partial charge in [0.05, 0.1) is 13.5 Å². The van der Waals surface area contributed by atoms with Crippen LogP contribution in [-0.4, -0.2) is 25.2 Å². The van der Waals surface area contributed by atoms with Crippen molar-refractivity contribution >= 4 is 11.9 Å². The fourth-order valence-electron chi connectivity index (χ4n) is 0.583. The molecule has 2 radical (unpaired) electrons. The van der Waals surface area contributed by atoms with Crippen LogP contribution in [0, 0.1) is 39.4 Å². The van der Waals surface area contributed by atoms with Gasteiger partial charge >= 0.3 is 57.1 Å². The molecule has 0 amide bonds. The molecular weight excluding hydrogens is 328 g/mol. The maximum Gasteiger partial charge on any atom is 0 e. The van der Waals surface area contributed by atoms with Gasteiger partial charge in [-0.2, -0.15) is 0 Å². The number of hydrogen-bond donors (Lipinski definition) is 0. The number of esters is 2. The monoisotopic (exact) mass is 340 g/mol. The summed E-state index contributed by atoms with van der Waals surface area (Å²) >= 11 is 0. The first-order chi connectivity index (χ1) is 9.56. The minimum Gasteiger partial charge on any atom is 0 e. The van der Waals surface area contributed by atoms with Crippen LogP contribution >= 0.6 is 0 Å².